The van der Waals surface area contributed by atoms with Crippen molar-refractivity contribution >= 4 is 5.97 Å². The van der Waals surface area contributed by atoms with Gasteiger partial charge in [-0.15, -0.1) is 0 Å². The van der Waals surface area contributed by atoms with E-state index in [1.54, 1.807) is 6.26 Å². The Morgan fingerprint density at radius 3 is 3.19 bits per heavy atom. The highest BCUT2D eigenvalue weighted by molar-refractivity contribution is 5.74. The molecule has 88 valence electrons. The van der Waals surface area contributed by atoms with Crippen molar-refractivity contribution in [2.75, 3.05) is 19.6 Å². The molecule has 1 aliphatic heterocycles. The molecule has 16 heavy (non-hydrogen) atoms. The van der Waals surface area contributed by atoms with Crippen molar-refractivity contribution in [2.45, 2.75) is 19.0 Å². The van der Waals surface area contributed by atoms with Gasteiger partial charge in [0.05, 0.1) is 12.3 Å². The van der Waals surface area contributed by atoms with Crippen LogP contribution in [0.4, 0.5) is 0 Å². The fourth-order valence-electron chi connectivity index (χ4n) is 2.11. The largest absolute Gasteiger partial charge is 0.480 e. The van der Waals surface area contributed by atoms with E-state index in [9.17, 15) is 4.79 Å². The normalized spacial score (nSPS) is 24.2. The number of carbonyl (C=O) groups is 1. The van der Waals surface area contributed by atoms with Crippen LogP contribution in [-0.2, 0) is 4.79 Å². The lowest BCUT2D eigenvalue weighted by atomic mass is 10.1. The number of nitrogens with one attached hydrogen (secondary N) is 1. The quantitative estimate of drug-likeness (QED) is 0.791. The molecule has 0 spiro atoms. The number of nitrogens with zero attached hydrogens (tertiary/aromatic N) is 1. The molecule has 1 aliphatic rings. The van der Waals surface area contributed by atoms with Gasteiger partial charge in [-0.25, -0.2) is 0 Å². The molecule has 1 saturated heterocycles. The van der Waals surface area contributed by atoms with Crippen molar-refractivity contribution in [1.29, 1.82) is 0 Å². The molecule has 2 unspecified atom stereocenters. The molecule has 2 N–H and O–H groups in total. The minimum Gasteiger partial charge on any atom is -0.480 e. The number of rotatable bonds is 3. The van der Waals surface area contributed by atoms with Crippen molar-refractivity contribution in [3.05, 3.63) is 24.2 Å². The van der Waals surface area contributed by atoms with E-state index in [-0.39, 0.29) is 6.04 Å². The molecule has 2 rings (SSSR count). The number of piperazine rings is 1. The molecule has 2 atom stereocenters. The third-order valence-corrected chi connectivity index (χ3v) is 3.02. The molecular formula is C11H16N2O3. The summed E-state index contributed by atoms with van der Waals surface area (Å²) in [5, 5.41) is 12.2. The van der Waals surface area contributed by atoms with E-state index >= 15 is 0 Å². The second-order valence-corrected chi connectivity index (χ2v) is 3.99. The predicted octanol–water partition coefficient (Wildman–Crippen LogP) is 0.699. The first-order valence-electron chi connectivity index (χ1n) is 5.43. The summed E-state index contributed by atoms with van der Waals surface area (Å²) in [4.78, 5) is 13.1. The van der Waals surface area contributed by atoms with E-state index in [4.69, 9.17) is 9.52 Å². The topological polar surface area (TPSA) is 65.7 Å². The van der Waals surface area contributed by atoms with Crippen molar-refractivity contribution < 1.29 is 14.3 Å². The van der Waals surface area contributed by atoms with Gasteiger partial charge in [0.2, 0.25) is 0 Å². The van der Waals surface area contributed by atoms with Crippen LogP contribution in [0.5, 0.6) is 0 Å². The zero-order chi connectivity index (χ0) is 11.5. The van der Waals surface area contributed by atoms with E-state index in [1.165, 1.54) is 0 Å². The summed E-state index contributed by atoms with van der Waals surface area (Å²) in [7, 11) is 0. The zero-order valence-electron chi connectivity index (χ0n) is 9.22. The number of carboxylic acids is 1. The first-order chi connectivity index (χ1) is 7.70. The van der Waals surface area contributed by atoms with Crippen molar-refractivity contribution in [3.8, 4) is 0 Å². The molecule has 5 nitrogen and oxygen atoms in total. The van der Waals surface area contributed by atoms with Gasteiger partial charge in [-0.1, -0.05) is 0 Å². The highest BCUT2D eigenvalue weighted by Crippen LogP contribution is 2.23. The van der Waals surface area contributed by atoms with E-state index in [0.717, 1.165) is 18.8 Å². The van der Waals surface area contributed by atoms with Gasteiger partial charge < -0.3 is 14.8 Å². The Balaban J connectivity index is 2.14. The van der Waals surface area contributed by atoms with E-state index in [0.29, 0.717) is 6.54 Å². The Morgan fingerprint density at radius 1 is 1.75 bits per heavy atom. The number of aliphatic carboxylic acids is 1. The van der Waals surface area contributed by atoms with Crippen LogP contribution in [-0.4, -0.2) is 41.7 Å². The highest BCUT2D eigenvalue weighted by atomic mass is 16.4. The lowest BCUT2D eigenvalue weighted by Gasteiger charge is -2.36. The van der Waals surface area contributed by atoms with Crippen LogP contribution >= 0.6 is 0 Å². The van der Waals surface area contributed by atoms with Crippen LogP contribution in [0.1, 0.15) is 18.7 Å². The van der Waals surface area contributed by atoms with Gasteiger partial charge in [0, 0.05) is 19.6 Å². The SMILES string of the molecule is CC(c1ccco1)N1CCNCC1C(=O)O. The van der Waals surface area contributed by atoms with Crippen molar-refractivity contribution in [1.82, 2.24) is 10.2 Å². The summed E-state index contributed by atoms with van der Waals surface area (Å²) in [6.07, 6.45) is 1.61. The molecule has 0 amide bonds. The summed E-state index contributed by atoms with van der Waals surface area (Å²) < 4.78 is 5.32. The second kappa shape index (κ2) is 4.67. The lowest BCUT2D eigenvalue weighted by Crippen LogP contribution is -2.55. The van der Waals surface area contributed by atoms with Crippen molar-refractivity contribution in [2.24, 2.45) is 0 Å². The second-order valence-electron chi connectivity index (χ2n) is 3.99. The first kappa shape index (κ1) is 11.2. The Hall–Kier alpha value is -1.33. The average Bonchev–Trinajstić information content (AvgIpc) is 2.81. The fraction of sp³-hybridized carbons (Fsp3) is 0.545. The maximum Gasteiger partial charge on any atom is 0.322 e. The highest BCUT2D eigenvalue weighted by Gasteiger charge is 2.32. The Morgan fingerprint density at radius 2 is 2.56 bits per heavy atom. The Kier molecular flexibility index (Phi) is 3.26. The van der Waals surface area contributed by atoms with Gasteiger partial charge in [-0.05, 0) is 19.1 Å². The summed E-state index contributed by atoms with van der Waals surface area (Å²) in [5.41, 5.74) is 0. The van der Waals surface area contributed by atoms with E-state index < -0.39 is 12.0 Å². The zero-order valence-corrected chi connectivity index (χ0v) is 9.22. The van der Waals surface area contributed by atoms with E-state index in [1.807, 2.05) is 24.0 Å². The van der Waals surface area contributed by atoms with Gasteiger partial charge in [0.25, 0.3) is 0 Å². The molecule has 0 aromatic carbocycles. The third-order valence-electron chi connectivity index (χ3n) is 3.02. The minimum atomic E-state index is -0.786. The fourth-order valence-corrected chi connectivity index (χ4v) is 2.11. The van der Waals surface area contributed by atoms with Crippen molar-refractivity contribution in [3.63, 3.8) is 0 Å². The number of hydrogen-bond donors (Lipinski definition) is 2. The standard InChI is InChI=1S/C11H16N2O3/c1-8(10-3-2-6-16-10)13-5-4-12-7-9(13)11(14)15/h2-3,6,8-9,12H,4-5,7H2,1H3,(H,14,15). The van der Waals surface area contributed by atoms with Crippen LogP contribution in [0.3, 0.4) is 0 Å². The summed E-state index contributed by atoms with van der Waals surface area (Å²) in [6.45, 7) is 3.99. The van der Waals surface area contributed by atoms with Crippen LogP contribution in [0.2, 0.25) is 0 Å². The lowest BCUT2D eigenvalue weighted by molar-refractivity contribution is -0.145. The Bertz CT molecular complexity index is 350. The summed E-state index contributed by atoms with van der Waals surface area (Å²) in [6, 6.07) is 3.22. The Labute approximate surface area is 94.0 Å². The maximum atomic E-state index is 11.1. The van der Waals surface area contributed by atoms with Crippen LogP contribution in [0.25, 0.3) is 0 Å². The molecule has 0 aliphatic carbocycles. The average molecular weight is 224 g/mol. The van der Waals surface area contributed by atoms with Gasteiger partial charge in [-0.2, -0.15) is 0 Å². The molecule has 5 heteroatoms. The van der Waals surface area contributed by atoms with Crippen LogP contribution < -0.4 is 5.32 Å². The molecule has 0 saturated carbocycles. The number of hydrogen-bond acceptors (Lipinski definition) is 4. The molecule has 2 heterocycles. The van der Waals surface area contributed by atoms with Crippen LogP contribution in [0, 0.1) is 0 Å². The minimum absolute atomic E-state index is 0.00167. The maximum absolute atomic E-state index is 11.1. The number of carboxylic acid groups (broad SMARTS) is 1. The van der Waals surface area contributed by atoms with Crippen LogP contribution in [0.15, 0.2) is 22.8 Å². The number of furan rings is 1. The molecule has 1 fully saturated rings. The summed E-state index contributed by atoms with van der Waals surface area (Å²) >= 11 is 0. The molecule has 0 radical (unpaired) electrons. The smallest absolute Gasteiger partial charge is 0.322 e. The molecular weight excluding hydrogens is 208 g/mol. The molecule has 0 bridgehead atoms. The first-order valence-corrected chi connectivity index (χ1v) is 5.43. The van der Waals surface area contributed by atoms with Gasteiger partial charge >= 0.3 is 5.97 Å². The molecule has 1 aromatic rings. The summed E-state index contributed by atoms with van der Waals surface area (Å²) in [5.74, 6) is 0.0266. The monoisotopic (exact) mass is 224 g/mol. The van der Waals surface area contributed by atoms with E-state index in [2.05, 4.69) is 5.32 Å². The van der Waals surface area contributed by atoms with Gasteiger partial charge in [-0.3, -0.25) is 9.69 Å². The van der Waals surface area contributed by atoms with Gasteiger partial charge in [0.1, 0.15) is 11.8 Å². The van der Waals surface area contributed by atoms with Gasteiger partial charge in [0.15, 0.2) is 0 Å². The third kappa shape index (κ3) is 2.10. The predicted molar refractivity (Wildman–Crippen MR) is 58.1 cm³/mol. The molecule has 1 aromatic heterocycles.